The molecule has 1 heterocycles. The number of hydrogen-bond donors (Lipinski definition) is 1. The highest BCUT2D eigenvalue weighted by Crippen LogP contribution is 2.34. The summed E-state index contributed by atoms with van der Waals surface area (Å²) in [6.07, 6.45) is 0. The minimum absolute atomic E-state index is 0.0849. The molecule has 0 aliphatic carbocycles. The molecule has 0 spiro atoms. The summed E-state index contributed by atoms with van der Waals surface area (Å²) in [5.41, 5.74) is 0.881. The Morgan fingerprint density at radius 1 is 1.53 bits per heavy atom. The van der Waals surface area contributed by atoms with Crippen molar-refractivity contribution >= 4 is 44.8 Å². The lowest BCUT2D eigenvalue weighted by Crippen LogP contribution is -1.98. The topological polar surface area (TPSA) is 50.2 Å². The second kappa shape index (κ2) is 4.76. The van der Waals surface area contributed by atoms with Gasteiger partial charge in [0.2, 0.25) is 0 Å². The maximum atomic E-state index is 11.1. The summed E-state index contributed by atoms with van der Waals surface area (Å²) in [6, 6.07) is 5.30. The highest BCUT2D eigenvalue weighted by Gasteiger charge is 2.17. The number of nitrogens with zero attached hydrogens (tertiary/aromatic N) is 1. The van der Waals surface area contributed by atoms with Gasteiger partial charge >= 0.3 is 5.97 Å². The quantitative estimate of drug-likeness (QED) is 0.895. The van der Waals surface area contributed by atoms with E-state index >= 15 is 0 Å². The summed E-state index contributed by atoms with van der Waals surface area (Å²) in [6.45, 7) is 1.78. The second-order valence-corrected chi connectivity index (χ2v) is 5.81. The van der Waals surface area contributed by atoms with E-state index in [0.717, 1.165) is 15.0 Å². The summed E-state index contributed by atoms with van der Waals surface area (Å²) in [7, 11) is 0. The Balaban J connectivity index is 2.59. The minimum Gasteiger partial charge on any atom is -0.476 e. The van der Waals surface area contributed by atoms with Crippen LogP contribution < -0.4 is 0 Å². The zero-order chi connectivity index (χ0) is 12.6. The average molecular weight is 333 g/mol. The van der Waals surface area contributed by atoms with Gasteiger partial charge in [-0.2, -0.15) is 0 Å². The van der Waals surface area contributed by atoms with Crippen molar-refractivity contribution in [3.05, 3.63) is 38.4 Å². The van der Waals surface area contributed by atoms with E-state index in [-0.39, 0.29) is 5.69 Å². The first-order valence-electron chi connectivity index (χ1n) is 4.65. The number of carbonyl (C=O) groups is 1. The van der Waals surface area contributed by atoms with Crippen LogP contribution in [0.1, 0.15) is 15.5 Å². The van der Waals surface area contributed by atoms with Gasteiger partial charge in [-0.15, -0.1) is 11.3 Å². The second-order valence-electron chi connectivity index (χ2n) is 3.34. The molecule has 0 amide bonds. The highest BCUT2D eigenvalue weighted by atomic mass is 79.9. The van der Waals surface area contributed by atoms with E-state index in [0.29, 0.717) is 9.90 Å². The summed E-state index contributed by atoms with van der Waals surface area (Å²) >= 11 is 10.6. The first-order valence-corrected chi connectivity index (χ1v) is 6.64. The summed E-state index contributed by atoms with van der Waals surface area (Å²) in [4.78, 5) is 15.7. The number of aromatic carboxylic acids is 1. The smallest absolute Gasteiger partial charge is 0.356 e. The maximum Gasteiger partial charge on any atom is 0.356 e. The van der Waals surface area contributed by atoms with Crippen LogP contribution in [0.5, 0.6) is 0 Å². The van der Waals surface area contributed by atoms with Crippen LogP contribution in [0.2, 0.25) is 5.02 Å². The molecule has 1 aromatic heterocycles. The fraction of sp³-hybridized carbons (Fsp3) is 0.0909. The fourth-order valence-electron chi connectivity index (χ4n) is 1.41. The third-order valence-corrected chi connectivity index (χ3v) is 4.35. The molecule has 0 atom stereocenters. The van der Waals surface area contributed by atoms with E-state index in [1.807, 2.05) is 0 Å². The Morgan fingerprint density at radius 2 is 2.24 bits per heavy atom. The standard InChI is InChI=1S/C11H7BrClNO2S/c1-5-14-9(11(15)16)10(17-5)6-2-3-8(13)7(12)4-6/h2-4H,1H3,(H,15,16). The van der Waals surface area contributed by atoms with E-state index in [1.54, 1.807) is 25.1 Å². The number of hydrogen-bond acceptors (Lipinski definition) is 3. The normalized spacial score (nSPS) is 10.5. The molecule has 0 saturated heterocycles. The zero-order valence-electron chi connectivity index (χ0n) is 8.70. The molecule has 1 N–H and O–H groups in total. The monoisotopic (exact) mass is 331 g/mol. The van der Waals surface area contributed by atoms with Crippen LogP contribution in [0, 0.1) is 6.92 Å². The highest BCUT2D eigenvalue weighted by molar-refractivity contribution is 9.10. The van der Waals surface area contributed by atoms with Gasteiger partial charge in [0.1, 0.15) is 0 Å². The summed E-state index contributed by atoms with van der Waals surface area (Å²) in [5, 5.41) is 10.4. The number of aromatic nitrogens is 1. The molecule has 1 aromatic carbocycles. The van der Waals surface area contributed by atoms with Crippen LogP contribution in [0.3, 0.4) is 0 Å². The Kier molecular flexibility index (Phi) is 3.51. The van der Waals surface area contributed by atoms with Gasteiger partial charge in [0.15, 0.2) is 5.69 Å². The lowest BCUT2D eigenvalue weighted by Gasteiger charge is -2.01. The lowest BCUT2D eigenvalue weighted by atomic mass is 10.1. The number of benzene rings is 1. The molecule has 0 aliphatic heterocycles. The molecule has 0 unspecified atom stereocenters. The van der Waals surface area contributed by atoms with E-state index in [4.69, 9.17) is 16.7 Å². The molecule has 88 valence electrons. The molecule has 6 heteroatoms. The van der Waals surface area contributed by atoms with E-state index < -0.39 is 5.97 Å². The minimum atomic E-state index is -1.02. The van der Waals surface area contributed by atoms with Crippen molar-refractivity contribution < 1.29 is 9.90 Å². The molecule has 0 aliphatic rings. The van der Waals surface area contributed by atoms with Crippen molar-refractivity contribution in [3.8, 4) is 10.4 Å². The van der Waals surface area contributed by atoms with Gasteiger partial charge in [-0.05, 0) is 40.5 Å². The molecule has 17 heavy (non-hydrogen) atoms. The predicted molar refractivity (Wildman–Crippen MR) is 72.0 cm³/mol. The molecule has 0 radical (unpaired) electrons. The molecule has 2 aromatic rings. The zero-order valence-corrected chi connectivity index (χ0v) is 11.9. The van der Waals surface area contributed by atoms with Gasteiger partial charge in [0, 0.05) is 4.47 Å². The summed E-state index contributed by atoms with van der Waals surface area (Å²) in [5.74, 6) is -1.02. The first-order chi connectivity index (χ1) is 7.99. The van der Waals surface area contributed by atoms with Crippen LogP contribution >= 0.6 is 38.9 Å². The van der Waals surface area contributed by atoms with Crippen LogP contribution in [0.25, 0.3) is 10.4 Å². The number of rotatable bonds is 2. The number of halogens is 2. The molecular formula is C11H7BrClNO2S. The van der Waals surface area contributed by atoms with Crippen LogP contribution in [-0.2, 0) is 0 Å². The molecular weight excluding hydrogens is 326 g/mol. The number of carboxylic acids is 1. The van der Waals surface area contributed by atoms with E-state index in [2.05, 4.69) is 20.9 Å². The van der Waals surface area contributed by atoms with Crippen LogP contribution in [0.15, 0.2) is 22.7 Å². The Hall–Kier alpha value is -0.910. The van der Waals surface area contributed by atoms with E-state index in [9.17, 15) is 4.79 Å². The molecule has 0 saturated carbocycles. The molecule has 0 fully saturated rings. The van der Waals surface area contributed by atoms with Gasteiger partial charge in [0.05, 0.1) is 14.9 Å². The molecule has 2 rings (SSSR count). The van der Waals surface area contributed by atoms with Gasteiger partial charge in [0.25, 0.3) is 0 Å². The van der Waals surface area contributed by atoms with Gasteiger partial charge in [-0.1, -0.05) is 17.7 Å². The SMILES string of the molecule is Cc1nc(C(=O)O)c(-c2ccc(Cl)c(Br)c2)s1. The van der Waals surface area contributed by atoms with Crippen molar-refractivity contribution in [2.45, 2.75) is 6.92 Å². The Morgan fingerprint density at radius 3 is 2.82 bits per heavy atom. The maximum absolute atomic E-state index is 11.1. The molecule has 0 bridgehead atoms. The van der Waals surface area contributed by atoms with Crippen molar-refractivity contribution in [2.24, 2.45) is 0 Å². The first kappa shape index (κ1) is 12.5. The van der Waals surface area contributed by atoms with Gasteiger partial charge < -0.3 is 5.11 Å². The number of thiazole rings is 1. The fourth-order valence-corrected chi connectivity index (χ4v) is 2.81. The van der Waals surface area contributed by atoms with E-state index in [1.165, 1.54) is 11.3 Å². The van der Waals surface area contributed by atoms with Crippen molar-refractivity contribution in [3.63, 3.8) is 0 Å². The van der Waals surface area contributed by atoms with Gasteiger partial charge in [-0.3, -0.25) is 0 Å². The van der Waals surface area contributed by atoms with Crippen LogP contribution in [0.4, 0.5) is 0 Å². The number of aryl methyl sites for hydroxylation is 1. The molecule has 3 nitrogen and oxygen atoms in total. The third-order valence-electron chi connectivity index (χ3n) is 2.12. The predicted octanol–water partition coefficient (Wildman–Crippen LogP) is 4.23. The number of carboxylic acid groups (broad SMARTS) is 1. The van der Waals surface area contributed by atoms with Crippen molar-refractivity contribution in [2.75, 3.05) is 0 Å². The Labute approximate surface area is 115 Å². The summed E-state index contributed by atoms with van der Waals surface area (Å²) < 4.78 is 0.735. The Bertz CT molecular complexity index is 597. The average Bonchev–Trinajstić information content (AvgIpc) is 2.64. The lowest BCUT2D eigenvalue weighted by molar-refractivity contribution is 0.0692. The van der Waals surface area contributed by atoms with Crippen LogP contribution in [-0.4, -0.2) is 16.1 Å². The largest absolute Gasteiger partial charge is 0.476 e. The van der Waals surface area contributed by atoms with Crippen molar-refractivity contribution in [1.82, 2.24) is 4.98 Å². The third kappa shape index (κ3) is 2.51. The van der Waals surface area contributed by atoms with Crippen molar-refractivity contribution in [1.29, 1.82) is 0 Å². The van der Waals surface area contributed by atoms with Gasteiger partial charge in [-0.25, -0.2) is 9.78 Å².